The molecule has 1 N–H and O–H groups in total. The number of benzene rings is 1. The lowest BCUT2D eigenvalue weighted by atomic mass is 10.2. The molecule has 106 valence electrons. The summed E-state index contributed by atoms with van der Waals surface area (Å²) in [6, 6.07) is 14.9. The van der Waals surface area contributed by atoms with Gasteiger partial charge in [0.1, 0.15) is 0 Å². The molecule has 20 heavy (non-hydrogen) atoms. The van der Waals surface area contributed by atoms with Crippen molar-refractivity contribution in [3.8, 4) is 0 Å². The van der Waals surface area contributed by atoms with Gasteiger partial charge in [-0.1, -0.05) is 36.4 Å². The van der Waals surface area contributed by atoms with Gasteiger partial charge in [-0.3, -0.25) is 4.98 Å². The van der Waals surface area contributed by atoms with Gasteiger partial charge in [0.25, 0.3) is 0 Å². The van der Waals surface area contributed by atoms with Gasteiger partial charge in [-0.2, -0.15) is 0 Å². The zero-order valence-electron chi connectivity index (χ0n) is 11.2. The van der Waals surface area contributed by atoms with Crippen molar-refractivity contribution in [2.75, 3.05) is 6.54 Å². The van der Waals surface area contributed by atoms with Crippen LogP contribution in [0.1, 0.15) is 17.7 Å². The lowest BCUT2D eigenvalue weighted by molar-refractivity contribution is 0.578. The van der Waals surface area contributed by atoms with E-state index in [0.29, 0.717) is 6.54 Å². The molecule has 0 atom stereocenters. The minimum atomic E-state index is -3.26. The van der Waals surface area contributed by atoms with E-state index in [1.54, 1.807) is 6.20 Å². The van der Waals surface area contributed by atoms with Gasteiger partial charge in [-0.15, -0.1) is 0 Å². The van der Waals surface area contributed by atoms with Gasteiger partial charge in [0.05, 0.1) is 5.75 Å². The summed E-state index contributed by atoms with van der Waals surface area (Å²) in [5, 5.41) is 0. The van der Waals surface area contributed by atoms with E-state index in [1.165, 1.54) is 0 Å². The topological polar surface area (TPSA) is 59.1 Å². The second-order valence-corrected chi connectivity index (χ2v) is 6.37. The molecule has 0 amide bonds. The Hall–Kier alpha value is -1.72. The molecular formula is C15H18N2O2S. The van der Waals surface area contributed by atoms with Gasteiger partial charge in [-0.05, 0) is 30.5 Å². The normalized spacial score (nSPS) is 11.4. The summed E-state index contributed by atoms with van der Waals surface area (Å²) >= 11 is 0. The molecule has 0 aliphatic rings. The molecule has 1 aromatic heterocycles. The molecule has 2 aromatic rings. The van der Waals surface area contributed by atoms with Crippen molar-refractivity contribution in [2.24, 2.45) is 0 Å². The molecular weight excluding hydrogens is 272 g/mol. The molecule has 0 fully saturated rings. The van der Waals surface area contributed by atoms with Gasteiger partial charge in [0.15, 0.2) is 0 Å². The van der Waals surface area contributed by atoms with Crippen LogP contribution in [0.4, 0.5) is 0 Å². The third kappa shape index (κ3) is 5.11. The number of pyridine rings is 1. The fourth-order valence-corrected chi connectivity index (χ4v) is 3.08. The SMILES string of the molecule is O=S(=O)(Cc1ccccc1)NCCCc1ccccn1. The highest BCUT2D eigenvalue weighted by Gasteiger charge is 2.10. The number of nitrogens with one attached hydrogen (secondary N) is 1. The first-order valence-electron chi connectivity index (χ1n) is 6.57. The number of aromatic nitrogens is 1. The number of sulfonamides is 1. The van der Waals surface area contributed by atoms with E-state index < -0.39 is 10.0 Å². The average Bonchev–Trinajstić information content (AvgIpc) is 2.45. The van der Waals surface area contributed by atoms with E-state index in [2.05, 4.69) is 9.71 Å². The van der Waals surface area contributed by atoms with Crippen molar-refractivity contribution < 1.29 is 8.42 Å². The van der Waals surface area contributed by atoms with Crippen molar-refractivity contribution in [1.82, 2.24) is 9.71 Å². The Morgan fingerprint density at radius 2 is 1.75 bits per heavy atom. The van der Waals surface area contributed by atoms with Crippen molar-refractivity contribution >= 4 is 10.0 Å². The van der Waals surface area contributed by atoms with Crippen molar-refractivity contribution in [2.45, 2.75) is 18.6 Å². The van der Waals surface area contributed by atoms with E-state index in [-0.39, 0.29) is 5.75 Å². The second kappa shape index (κ2) is 7.17. The summed E-state index contributed by atoms with van der Waals surface area (Å²) in [6.07, 6.45) is 3.26. The summed E-state index contributed by atoms with van der Waals surface area (Å²) in [5.74, 6) is 0.0252. The van der Waals surface area contributed by atoms with Gasteiger partial charge >= 0.3 is 0 Å². The van der Waals surface area contributed by atoms with E-state index >= 15 is 0 Å². The number of hydrogen-bond acceptors (Lipinski definition) is 3. The third-order valence-electron chi connectivity index (χ3n) is 2.86. The highest BCUT2D eigenvalue weighted by Crippen LogP contribution is 2.04. The van der Waals surface area contributed by atoms with Gasteiger partial charge in [-0.25, -0.2) is 13.1 Å². The molecule has 1 heterocycles. The Balaban J connectivity index is 1.76. The maximum Gasteiger partial charge on any atom is 0.215 e. The number of rotatable bonds is 7. The molecule has 0 saturated heterocycles. The predicted octanol–water partition coefficient (Wildman–Crippen LogP) is 2.13. The van der Waals surface area contributed by atoms with Gasteiger partial charge in [0, 0.05) is 18.4 Å². The Kier molecular flexibility index (Phi) is 5.26. The molecule has 0 radical (unpaired) electrons. The molecule has 4 nitrogen and oxygen atoms in total. The molecule has 1 aromatic carbocycles. The summed E-state index contributed by atoms with van der Waals surface area (Å²) in [7, 11) is -3.26. The highest BCUT2D eigenvalue weighted by atomic mass is 32.2. The van der Waals surface area contributed by atoms with Crippen LogP contribution in [0.15, 0.2) is 54.7 Å². The maximum atomic E-state index is 11.9. The first-order chi connectivity index (χ1) is 9.66. The van der Waals surface area contributed by atoms with Crippen LogP contribution in [0.5, 0.6) is 0 Å². The van der Waals surface area contributed by atoms with Crippen LogP contribution in [0.2, 0.25) is 0 Å². The minimum absolute atomic E-state index is 0.0252. The average molecular weight is 290 g/mol. The number of nitrogens with zero attached hydrogens (tertiary/aromatic N) is 1. The molecule has 0 bridgehead atoms. The van der Waals surface area contributed by atoms with Crippen molar-refractivity contribution in [3.05, 3.63) is 66.0 Å². The van der Waals surface area contributed by atoms with Crippen LogP contribution < -0.4 is 4.72 Å². The van der Waals surface area contributed by atoms with Crippen LogP contribution >= 0.6 is 0 Å². The fraction of sp³-hybridized carbons (Fsp3) is 0.267. The van der Waals surface area contributed by atoms with Crippen LogP contribution in [0.3, 0.4) is 0 Å². The van der Waals surface area contributed by atoms with E-state index in [9.17, 15) is 8.42 Å². The van der Waals surface area contributed by atoms with E-state index in [4.69, 9.17) is 0 Å². The minimum Gasteiger partial charge on any atom is -0.261 e. The Morgan fingerprint density at radius 3 is 2.45 bits per heavy atom. The number of hydrogen-bond donors (Lipinski definition) is 1. The lowest BCUT2D eigenvalue weighted by Crippen LogP contribution is -2.26. The van der Waals surface area contributed by atoms with Crippen LogP contribution in [0.25, 0.3) is 0 Å². The summed E-state index contributed by atoms with van der Waals surface area (Å²) < 4.78 is 26.4. The molecule has 2 rings (SSSR count). The van der Waals surface area contributed by atoms with Crippen LogP contribution in [0, 0.1) is 0 Å². The van der Waals surface area contributed by atoms with Crippen molar-refractivity contribution in [1.29, 1.82) is 0 Å². The van der Waals surface area contributed by atoms with Gasteiger partial charge in [0.2, 0.25) is 10.0 Å². The second-order valence-electron chi connectivity index (χ2n) is 4.56. The first-order valence-corrected chi connectivity index (χ1v) is 8.22. The monoisotopic (exact) mass is 290 g/mol. The standard InChI is InChI=1S/C15H18N2O2S/c18-20(19,13-14-7-2-1-3-8-14)17-12-6-10-15-9-4-5-11-16-15/h1-5,7-9,11,17H,6,10,12-13H2. The van der Waals surface area contributed by atoms with Crippen LogP contribution in [-0.4, -0.2) is 19.9 Å². The zero-order chi connectivity index (χ0) is 14.3. The highest BCUT2D eigenvalue weighted by molar-refractivity contribution is 7.88. The molecule has 0 unspecified atom stereocenters. The first kappa shape index (κ1) is 14.7. The smallest absolute Gasteiger partial charge is 0.215 e. The predicted molar refractivity (Wildman–Crippen MR) is 79.6 cm³/mol. The quantitative estimate of drug-likeness (QED) is 0.795. The molecule has 5 heteroatoms. The summed E-state index contributed by atoms with van der Waals surface area (Å²) in [5.41, 5.74) is 1.78. The molecule has 0 aliphatic carbocycles. The maximum absolute atomic E-state index is 11.9. The number of aryl methyl sites for hydroxylation is 1. The van der Waals surface area contributed by atoms with Gasteiger partial charge < -0.3 is 0 Å². The molecule has 0 aliphatic heterocycles. The Morgan fingerprint density at radius 1 is 1.00 bits per heavy atom. The summed E-state index contributed by atoms with van der Waals surface area (Å²) in [6.45, 7) is 0.436. The fourth-order valence-electron chi connectivity index (χ4n) is 1.89. The molecule has 0 saturated carbocycles. The largest absolute Gasteiger partial charge is 0.261 e. The Labute approximate surface area is 119 Å². The van der Waals surface area contributed by atoms with Crippen molar-refractivity contribution in [3.63, 3.8) is 0 Å². The summed E-state index contributed by atoms with van der Waals surface area (Å²) in [4.78, 5) is 4.20. The molecule has 0 spiro atoms. The zero-order valence-corrected chi connectivity index (χ0v) is 12.0. The van der Waals surface area contributed by atoms with E-state index in [0.717, 1.165) is 24.1 Å². The lowest BCUT2D eigenvalue weighted by Gasteiger charge is -2.06. The third-order valence-corrected chi connectivity index (χ3v) is 4.21. The van der Waals surface area contributed by atoms with E-state index in [1.807, 2.05) is 48.5 Å². The van der Waals surface area contributed by atoms with Crippen LogP contribution in [-0.2, 0) is 22.2 Å². The Bertz CT molecular complexity index is 613.